The van der Waals surface area contributed by atoms with Crippen molar-refractivity contribution in [3.63, 3.8) is 0 Å². The molecule has 3 aromatic carbocycles. The van der Waals surface area contributed by atoms with Crippen molar-refractivity contribution in [2.75, 3.05) is 19.1 Å². The van der Waals surface area contributed by atoms with Crippen LogP contribution in [0.25, 0.3) is 0 Å². The average Bonchev–Trinajstić information content (AvgIpc) is 2.73. The van der Waals surface area contributed by atoms with Gasteiger partial charge in [-0.3, -0.25) is 4.79 Å². The normalized spacial score (nSPS) is 10.1. The number of ether oxygens (including phenoxy) is 2. The van der Waals surface area contributed by atoms with Crippen molar-refractivity contribution in [3.8, 4) is 11.5 Å². The first-order valence-corrected chi connectivity index (χ1v) is 8.38. The van der Waals surface area contributed by atoms with Crippen LogP contribution in [0.3, 0.4) is 0 Å². The molecule has 0 heterocycles. The number of methoxy groups -OCH3 is 1. The average molecular weight is 361 g/mol. The third-order valence-electron chi connectivity index (χ3n) is 4.06. The van der Waals surface area contributed by atoms with E-state index in [0.29, 0.717) is 22.6 Å². The molecule has 0 atom stereocenters. The minimum Gasteiger partial charge on any atom is -0.465 e. The van der Waals surface area contributed by atoms with Crippen LogP contribution in [0.1, 0.15) is 20.7 Å². The molecule has 136 valence electrons. The zero-order valence-electron chi connectivity index (χ0n) is 15.1. The second kappa shape index (κ2) is 8.19. The Morgan fingerprint density at radius 3 is 2.04 bits per heavy atom. The van der Waals surface area contributed by atoms with Gasteiger partial charge in [0.1, 0.15) is 11.5 Å². The molecule has 1 amide bonds. The number of esters is 1. The standard InChI is InChI=1S/C22H19NO4/c1-23(20-11-7-6-10-19(20)22(25)26-2)21(24)16-12-14-18(15-13-16)27-17-8-4-3-5-9-17/h3-15H,1-2H3. The molecule has 0 aliphatic heterocycles. The van der Waals surface area contributed by atoms with Crippen molar-refractivity contribution in [2.24, 2.45) is 0 Å². The molecule has 0 saturated heterocycles. The third kappa shape index (κ3) is 4.15. The largest absolute Gasteiger partial charge is 0.465 e. The maximum Gasteiger partial charge on any atom is 0.339 e. The molecule has 0 N–H and O–H groups in total. The highest BCUT2D eigenvalue weighted by Crippen LogP contribution is 2.24. The van der Waals surface area contributed by atoms with Crippen LogP contribution in [0.2, 0.25) is 0 Å². The predicted molar refractivity (Wildman–Crippen MR) is 103 cm³/mol. The summed E-state index contributed by atoms with van der Waals surface area (Å²) < 4.78 is 10.5. The highest BCUT2D eigenvalue weighted by atomic mass is 16.5. The number of carbonyl (C=O) groups excluding carboxylic acids is 2. The Labute approximate surface area is 157 Å². The quantitative estimate of drug-likeness (QED) is 0.626. The minimum atomic E-state index is -0.489. The van der Waals surface area contributed by atoms with E-state index in [2.05, 4.69) is 0 Å². The van der Waals surface area contributed by atoms with E-state index in [1.54, 1.807) is 55.6 Å². The number of hydrogen-bond acceptors (Lipinski definition) is 4. The number of rotatable bonds is 5. The summed E-state index contributed by atoms with van der Waals surface area (Å²) in [5.41, 5.74) is 1.30. The van der Waals surface area contributed by atoms with Gasteiger partial charge in [0.2, 0.25) is 0 Å². The number of amides is 1. The van der Waals surface area contributed by atoms with Crippen LogP contribution < -0.4 is 9.64 Å². The number of hydrogen-bond donors (Lipinski definition) is 0. The fourth-order valence-corrected chi connectivity index (χ4v) is 2.64. The molecule has 0 unspecified atom stereocenters. The van der Waals surface area contributed by atoms with Crippen molar-refractivity contribution < 1.29 is 19.1 Å². The maximum atomic E-state index is 12.8. The molecule has 0 fully saturated rings. The van der Waals surface area contributed by atoms with Crippen LogP contribution >= 0.6 is 0 Å². The fraction of sp³-hybridized carbons (Fsp3) is 0.0909. The molecule has 5 nitrogen and oxygen atoms in total. The van der Waals surface area contributed by atoms with Gasteiger partial charge in [-0.2, -0.15) is 0 Å². The molecule has 27 heavy (non-hydrogen) atoms. The summed E-state index contributed by atoms with van der Waals surface area (Å²) >= 11 is 0. The molecule has 0 spiro atoms. The van der Waals surface area contributed by atoms with Crippen LogP contribution in [0.15, 0.2) is 78.9 Å². The van der Waals surface area contributed by atoms with Crippen LogP contribution in [-0.2, 0) is 4.74 Å². The van der Waals surface area contributed by atoms with Gasteiger partial charge < -0.3 is 14.4 Å². The monoisotopic (exact) mass is 361 g/mol. The summed E-state index contributed by atoms with van der Waals surface area (Å²) in [6.45, 7) is 0. The summed E-state index contributed by atoms with van der Waals surface area (Å²) in [4.78, 5) is 26.2. The van der Waals surface area contributed by atoms with E-state index in [1.165, 1.54) is 12.0 Å². The van der Waals surface area contributed by atoms with Crippen molar-refractivity contribution >= 4 is 17.6 Å². The Kier molecular flexibility index (Phi) is 5.52. The van der Waals surface area contributed by atoms with Crippen molar-refractivity contribution in [3.05, 3.63) is 90.0 Å². The lowest BCUT2D eigenvalue weighted by atomic mass is 10.1. The summed E-state index contributed by atoms with van der Waals surface area (Å²) in [7, 11) is 2.94. The van der Waals surface area contributed by atoms with Gasteiger partial charge in [-0.15, -0.1) is 0 Å². The van der Waals surface area contributed by atoms with Gasteiger partial charge in [0.15, 0.2) is 0 Å². The molecular weight excluding hydrogens is 342 g/mol. The SMILES string of the molecule is COC(=O)c1ccccc1N(C)C(=O)c1ccc(Oc2ccccc2)cc1. The second-order valence-corrected chi connectivity index (χ2v) is 5.81. The van der Waals surface area contributed by atoms with Gasteiger partial charge in [-0.1, -0.05) is 30.3 Å². The molecule has 0 bridgehead atoms. The molecule has 3 aromatic rings. The molecule has 0 aliphatic carbocycles. The summed E-state index contributed by atoms with van der Waals surface area (Å²) in [5, 5.41) is 0. The van der Waals surface area contributed by atoms with Crippen molar-refractivity contribution in [1.29, 1.82) is 0 Å². The Morgan fingerprint density at radius 1 is 0.778 bits per heavy atom. The highest BCUT2D eigenvalue weighted by Gasteiger charge is 2.20. The Morgan fingerprint density at radius 2 is 1.37 bits per heavy atom. The topological polar surface area (TPSA) is 55.8 Å². The van der Waals surface area contributed by atoms with E-state index in [9.17, 15) is 9.59 Å². The summed E-state index contributed by atoms with van der Waals surface area (Å²) in [5.74, 6) is 0.630. The van der Waals surface area contributed by atoms with Crippen LogP contribution in [-0.4, -0.2) is 26.0 Å². The van der Waals surface area contributed by atoms with E-state index >= 15 is 0 Å². The van der Waals surface area contributed by atoms with Crippen molar-refractivity contribution in [2.45, 2.75) is 0 Å². The highest BCUT2D eigenvalue weighted by molar-refractivity contribution is 6.09. The van der Waals surface area contributed by atoms with Gasteiger partial charge in [0.05, 0.1) is 18.4 Å². The third-order valence-corrected chi connectivity index (χ3v) is 4.06. The van der Waals surface area contributed by atoms with E-state index < -0.39 is 5.97 Å². The molecule has 5 heteroatoms. The first-order chi connectivity index (χ1) is 13.1. The molecular formula is C22H19NO4. The van der Waals surface area contributed by atoms with Gasteiger partial charge >= 0.3 is 5.97 Å². The number of benzene rings is 3. The molecule has 3 rings (SSSR count). The van der Waals surface area contributed by atoms with Gasteiger partial charge in [-0.25, -0.2) is 4.79 Å². The minimum absolute atomic E-state index is 0.238. The van der Waals surface area contributed by atoms with Crippen LogP contribution in [0, 0.1) is 0 Å². The van der Waals surface area contributed by atoms with E-state index in [4.69, 9.17) is 9.47 Å². The zero-order chi connectivity index (χ0) is 19.2. The molecule has 0 aromatic heterocycles. The molecule has 0 aliphatic rings. The van der Waals surface area contributed by atoms with Gasteiger partial charge in [-0.05, 0) is 48.5 Å². The lowest BCUT2D eigenvalue weighted by Crippen LogP contribution is -2.28. The lowest BCUT2D eigenvalue weighted by Gasteiger charge is -2.20. The van der Waals surface area contributed by atoms with Gasteiger partial charge in [0.25, 0.3) is 5.91 Å². The molecule has 0 radical (unpaired) electrons. The van der Waals surface area contributed by atoms with E-state index in [-0.39, 0.29) is 5.91 Å². The van der Waals surface area contributed by atoms with Crippen LogP contribution in [0.5, 0.6) is 11.5 Å². The van der Waals surface area contributed by atoms with Crippen molar-refractivity contribution in [1.82, 2.24) is 0 Å². The van der Waals surface area contributed by atoms with Crippen LogP contribution in [0.4, 0.5) is 5.69 Å². The Balaban J connectivity index is 1.79. The summed E-state index contributed by atoms with van der Waals surface area (Å²) in [6.07, 6.45) is 0. The maximum absolute atomic E-state index is 12.8. The first kappa shape index (κ1) is 18.2. The predicted octanol–water partition coefficient (Wildman–Crippen LogP) is 4.54. The van der Waals surface area contributed by atoms with E-state index in [1.807, 2.05) is 30.3 Å². The number of anilines is 1. The number of para-hydroxylation sites is 2. The Bertz CT molecular complexity index is 936. The van der Waals surface area contributed by atoms with Gasteiger partial charge in [0, 0.05) is 12.6 Å². The Hall–Kier alpha value is -3.60. The van der Waals surface area contributed by atoms with E-state index in [0.717, 1.165) is 5.75 Å². The number of carbonyl (C=O) groups is 2. The fourth-order valence-electron chi connectivity index (χ4n) is 2.64. The first-order valence-electron chi connectivity index (χ1n) is 8.38. The number of nitrogens with zero attached hydrogens (tertiary/aromatic N) is 1. The smallest absolute Gasteiger partial charge is 0.339 e. The lowest BCUT2D eigenvalue weighted by molar-refractivity contribution is 0.0601. The second-order valence-electron chi connectivity index (χ2n) is 5.81. The zero-order valence-corrected chi connectivity index (χ0v) is 15.1. The molecule has 0 saturated carbocycles. The summed E-state index contributed by atoms with van der Waals surface area (Å²) in [6, 6.07) is 23.1.